The Morgan fingerprint density at radius 3 is 2.60 bits per heavy atom. The minimum Gasteiger partial charge on any atom is -0.504 e. The summed E-state index contributed by atoms with van der Waals surface area (Å²) in [6.45, 7) is 1.69. The molecule has 4 N–H and O–H groups in total. The summed E-state index contributed by atoms with van der Waals surface area (Å²) in [5.41, 5.74) is 6.73. The van der Waals surface area contributed by atoms with Crippen molar-refractivity contribution >= 4 is 5.88 Å². The maximum Gasteiger partial charge on any atom is 0.222 e. The summed E-state index contributed by atoms with van der Waals surface area (Å²) in [6.07, 6.45) is 0. The number of anilines is 1. The van der Waals surface area contributed by atoms with E-state index in [1.165, 1.54) is 6.07 Å². The lowest BCUT2D eigenvalue weighted by atomic mass is 10.1. The van der Waals surface area contributed by atoms with Crippen LogP contribution in [0.1, 0.15) is 5.56 Å². The second-order valence-electron chi connectivity index (χ2n) is 3.24. The summed E-state index contributed by atoms with van der Waals surface area (Å²) in [5.74, 6) is -0.221. The third kappa shape index (κ3) is 1.48. The molecule has 5 heteroatoms. The van der Waals surface area contributed by atoms with E-state index < -0.39 is 0 Å². The smallest absolute Gasteiger partial charge is 0.222 e. The van der Waals surface area contributed by atoms with Crippen molar-refractivity contribution in [3.63, 3.8) is 0 Å². The van der Waals surface area contributed by atoms with Crippen LogP contribution in [0.4, 0.5) is 5.88 Å². The number of aryl methyl sites for hydroxylation is 1. The summed E-state index contributed by atoms with van der Waals surface area (Å²) in [4.78, 5) is 0. The van der Waals surface area contributed by atoms with Crippen molar-refractivity contribution in [1.29, 1.82) is 0 Å². The molecular weight excluding hydrogens is 196 g/mol. The molecule has 1 aromatic carbocycles. The van der Waals surface area contributed by atoms with E-state index in [0.29, 0.717) is 16.8 Å². The number of rotatable bonds is 1. The number of phenols is 2. The molecule has 0 saturated heterocycles. The Morgan fingerprint density at radius 1 is 1.27 bits per heavy atom. The van der Waals surface area contributed by atoms with Gasteiger partial charge in [0.2, 0.25) is 5.88 Å². The predicted octanol–water partition coefficient (Wildman–Crippen LogP) is 1.64. The zero-order valence-corrected chi connectivity index (χ0v) is 8.06. The number of nitrogen functional groups attached to an aromatic ring is 1. The van der Waals surface area contributed by atoms with E-state index in [1.807, 2.05) is 0 Å². The van der Waals surface area contributed by atoms with E-state index in [0.717, 1.165) is 0 Å². The Labute approximate surface area is 85.7 Å². The summed E-state index contributed by atoms with van der Waals surface area (Å²) in [6, 6.07) is 4.79. The third-order valence-corrected chi connectivity index (χ3v) is 2.16. The van der Waals surface area contributed by atoms with Gasteiger partial charge in [-0.2, -0.15) is 0 Å². The van der Waals surface area contributed by atoms with Crippen LogP contribution in [0, 0.1) is 6.92 Å². The maximum atomic E-state index is 9.67. The molecule has 0 atom stereocenters. The number of nitrogens with two attached hydrogens (primary N) is 1. The first-order valence-electron chi connectivity index (χ1n) is 4.33. The topological polar surface area (TPSA) is 92.5 Å². The number of hydrogen-bond donors (Lipinski definition) is 3. The van der Waals surface area contributed by atoms with Crippen LogP contribution in [0.3, 0.4) is 0 Å². The van der Waals surface area contributed by atoms with Gasteiger partial charge in [0.15, 0.2) is 11.5 Å². The second-order valence-corrected chi connectivity index (χ2v) is 3.24. The summed E-state index contributed by atoms with van der Waals surface area (Å²) >= 11 is 0. The highest BCUT2D eigenvalue weighted by Crippen LogP contribution is 2.38. The molecule has 1 aromatic heterocycles. The minimum atomic E-state index is -0.219. The van der Waals surface area contributed by atoms with Gasteiger partial charge in [-0.3, -0.25) is 0 Å². The van der Waals surface area contributed by atoms with Crippen LogP contribution in [0.25, 0.3) is 11.3 Å². The van der Waals surface area contributed by atoms with E-state index >= 15 is 0 Å². The zero-order chi connectivity index (χ0) is 11.0. The van der Waals surface area contributed by atoms with Crippen LogP contribution in [0.2, 0.25) is 0 Å². The monoisotopic (exact) mass is 206 g/mol. The molecule has 0 aliphatic heterocycles. The van der Waals surface area contributed by atoms with Gasteiger partial charge in [-0.05, 0) is 18.6 Å². The van der Waals surface area contributed by atoms with Crippen molar-refractivity contribution in [1.82, 2.24) is 5.16 Å². The molecule has 0 bridgehead atoms. The normalized spacial score (nSPS) is 10.5. The fourth-order valence-electron chi connectivity index (χ4n) is 1.30. The minimum absolute atomic E-state index is 0.157. The number of hydrogen-bond acceptors (Lipinski definition) is 5. The van der Waals surface area contributed by atoms with Crippen molar-refractivity contribution in [3.8, 4) is 22.8 Å². The molecule has 0 aliphatic rings. The molecule has 15 heavy (non-hydrogen) atoms. The molecule has 0 aliphatic carbocycles. The second kappa shape index (κ2) is 3.20. The molecule has 2 rings (SSSR count). The van der Waals surface area contributed by atoms with Crippen LogP contribution in [0.5, 0.6) is 11.5 Å². The lowest BCUT2D eigenvalue weighted by Gasteiger charge is -2.05. The number of aromatic nitrogens is 1. The average molecular weight is 206 g/mol. The SMILES string of the molecule is Cc1ccc(-c2cc(N)on2)c(O)c1O. The standard InChI is InChI=1S/C10H10N2O3/c1-5-2-3-6(10(14)9(5)13)7-4-8(11)15-12-7/h2-4,13-14H,11H2,1H3. The van der Waals surface area contributed by atoms with Gasteiger partial charge >= 0.3 is 0 Å². The van der Waals surface area contributed by atoms with Gasteiger partial charge in [0, 0.05) is 11.6 Å². The Bertz CT molecular complexity index is 505. The summed E-state index contributed by atoms with van der Waals surface area (Å²) in [5, 5.41) is 22.8. The fourth-order valence-corrected chi connectivity index (χ4v) is 1.30. The molecular formula is C10H10N2O3. The highest BCUT2D eigenvalue weighted by Gasteiger charge is 2.13. The quantitative estimate of drug-likeness (QED) is 0.617. The zero-order valence-electron chi connectivity index (χ0n) is 8.06. The van der Waals surface area contributed by atoms with Crippen LogP contribution in [-0.2, 0) is 0 Å². The first-order valence-corrected chi connectivity index (χ1v) is 4.33. The Morgan fingerprint density at radius 2 is 2.00 bits per heavy atom. The Hall–Kier alpha value is -2.17. The van der Waals surface area contributed by atoms with E-state index in [2.05, 4.69) is 9.68 Å². The molecule has 0 saturated carbocycles. The van der Waals surface area contributed by atoms with Crippen molar-refractivity contribution < 1.29 is 14.7 Å². The summed E-state index contributed by atoms with van der Waals surface area (Å²) in [7, 11) is 0. The lowest BCUT2D eigenvalue weighted by molar-refractivity contribution is 0.401. The van der Waals surface area contributed by atoms with Crippen LogP contribution >= 0.6 is 0 Å². The average Bonchev–Trinajstić information content (AvgIpc) is 2.61. The van der Waals surface area contributed by atoms with Gasteiger partial charge in [-0.15, -0.1) is 0 Å². The largest absolute Gasteiger partial charge is 0.504 e. The van der Waals surface area contributed by atoms with Crippen molar-refractivity contribution in [2.75, 3.05) is 5.73 Å². The van der Waals surface area contributed by atoms with Gasteiger partial charge in [0.25, 0.3) is 0 Å². The molecule has 0 spiro atoms. The highest BCUT2D eigenvalue weighted by atomic mass is 16.5. The van der Waals surface area contributed by atoms with Crippen LogP contribution in [-0.4, -0.2) is 15.4 Å². The van der Waals surface area contributed by atoms with Gasteiger partial charge < -0.3 is 20.5 Å². The van der Waals surface area contributed by atoms with Gasteiger partial charge in [0.1, 0.15) is 5.69 Å². The van der Waals surface area contributed by atoms with Crippen LogP contribution < -0.4 is 5.73 Å². The molecule has 0 unspecified atom stereocenters. The highest BCUT2D eigenvalue weighted by molar-refractivity contribution is 5.72. The first kappa shape index (κ1) is 9.39. The molecule has 1 heterocycles. The maximum absolute atomic E-state index is 9.67. The van der Waals surface area contributed by atoms with E-state index in [1.54, 1.807) is 19.1 Å². The van der Waals surface area contributed by atoms with E-state index in [4.69, 9.17) is 5.73 Å². The molecule has 2 aromatic rings. The van der Waals surface area contributed by atoms with Crippen molar-refractivity contribution in [2.45, 2.75) is 6.92 Å². The molecule has 0 fully saturated rings. The fraction of sp³-hybridized carbons (Fsp3) is 0.100. The summed E-state index contributed by atoms with van der Waals surface area (Å²) < 4.78 is 4.68. The predicted molar refractivity (Wildman–Crippen MR) is 54.4 cm³/mol. The van der Waals surface area contributed by atoms with Crippen molar-refractivity contribution in [3.05, 3.63) is 23.8 Å². The Kier molecular flexibility index (Phi) is 2.00. The van der Waals surface area contributed by atoms with E-state index in [9.17, 15) is 10.2 Å². The molecule has 78 valence electrons. The number of phenolic OH excluding ortho intramolecular Hbond substituents is 2. The molecule has 0 amide bonds. The lowest BCUT2D eigenvalue weighted by Crippen LogP contribution is -1.82. The van der Waals surface area contributed by atoms with Gasteiger partial charge in [0.05, 0.1) is 0 Å². The first-order chi connectivity index (χ1) is 7.09. The third-order valence-electron chi connectivity index (χ3n) is 2.16. The number of nitrogens with zero attached hydrogens (tertiary/aromatic N) is 1. The Balaban J connectivity index is 2.59. The molecule has 5 nitrogen and oxygen atoms in total. The van der Waals surface area contributed by atoms with Gasteiger partial charge in [-0.25, -0.2) is 0 Å². The van der Waals surface area contributed by atoms with E-state index in [-0.39, 0.29) is 17.4 Å². The number of aromatic hydroxyl groups is 2. The number of benzene rings is 1. The molecule has 0 radical (unpaired) electrons. The van der Waals surface area contributed by atoms with Crippen LogP contribution in [0.15, 0.2) is 22.7 Å². The van der Waals surface area contributed by atoms with Crippen molar-refractivity contribution in [2.24, 2.45) is 0 Å². The van der Waals surface area contributed by atoms with Gasteiger partial charge in [-0.1, -0.05) is 11.2 Å².